The van der Waals surface area contributed by atoms with Gasteiger partial charge in [0.05, 0.1) is 10.6 Å². The van der Waals surface area contributed by atoms with Crippen molar-refractivity contribution in [1.82, 2.24) is 4.90 Å². The number of aromatic hydroxyl groups is 1. The van der Waals surface area contributed by atoms with Gasteiger partial charge in [0, 0.05) is 17.1 Å². The van der Waals surface area contributed by atoms with Gasteiger partial charge in [-0.25, -0.2) is 4.99 Å². The number of halogens is 1. The normalized spacial score (nSPS) is 17.5. The lowest BCUT2D eigenvalue weighted by molar-refractivity contribution is -0.121. The molecule has 1 fully saturated rings. The number of hydrogen-bond acceptors (Lipinski definition) is 4. The molecular formula is C19H15BrN2O2S. The SMILES string of the molecule is C=CCN1C(=O)/C(=C/c2cccc(Br)c2)SC1=Nc1cccc(O)c1. The summed E-state index contributed by atoms with van der Waals surface area (Å²) in [5.41, 5.74) is 1.52. The van der Waals surface area contributed by atoms with Crippen molar-refractivity contribution < 1.29 is 9.90 Å². The standard InChI is InChI=1S/C19H15BrN2O2S/c1-2-9-22-18(24)17(11-13-5-3-6-14(20)10-13)25-19(22)21-15-7-4-8-16(23)12-15/h2-8,10-12,23H,1,9H2/b17-11-,21-19?. The third kappa shape index (κ3) is 4.21. The summed E-state index contributed by atoms with van der Waals surface area (Å²) in [6.07, 6.45) is 3.51. The third-order valence-corrected chi connectivity index (χ3v) is 4.90. The zero-order valence-electron chi connectivity index (χ0n) is 13.2. The highest BCUT2D eigenvalue weighted by molar-refractivity contribution is 9.10. The molecule has 0 saturated carbocycles. The van der Waals surface area contributed by atoms with Gasteiger partial charge in [-0.15, -0.1) is 6.58 Å². The fourth-order valence-electron chi connectivity index (χ4n) is 2.30. The topological polar surface area (TPSA) is 52.9 Å². The van der Waals surface area contributed by atoms with Crippen LogP contribution >= 0.6 is 27.7 Å². The lowest BCUT2D eigenvalue weighted by Crippen LogP contribution is -2.29. The number of benzene rings is 2. The number of rotatable bonds is 4. The molecule has 0 unspecified atom stereocenters. The Balaban J connectivity index is 1.96. The molecule has 4 nitrogen and oxygen atoms in total. The van der Waals surface area contributed by atoms with Crippen LogP contribution in [0.4, 0.5) is 5.69 Å². The van der Waals surface area contributed by atoms with Crippen molar-refractivity contribution >= 4 is 50.5 Å². The van der Waals surface area contributed by atoms with Crippen LogP contribution in [0.5, 0.6) is 5.75 Å². The molecule has 2 aromatic carbocycles. The summed E-state index contributed by atoms with van der Waals surface area (Å²) in [6.45, 7) is 4.09. The van der Waals surface area contributed by atoms with Gasteiger partial charge in [0.15, 0.2) is 5.17 Å². The van der Waals surface area contributed by atoms with Gasteiger partial charge < -0.3 is 5.11 Å². The summed E-state index contributed by atoms with van der Waals surface area (Å²) in [5.74, 6) is 0.0279. The second-order valence-electron chi connectivity index (χ2n) is 5.28. The number of carbonyl (C=O) groups is 1. The molecule has 126 valence electrons. The molecule has 0 aliphatic carbocycles. The second-order valence-corrected chi connectivity index (χ2v) is 7.21. The van der Waals surface area contributed by atoms with E-state index in [0.717, 1.165) is 10.0 Å². The third-order valence-electron chi connectivity index (χ3n) is 3.40. The number of amidine groups is 1. The number of phenolic OH excluding ortho intramolecular Hbond substituents is 1. The van der Waals surface area contributed by atoms with Crippen LogP contribution in [0.2, 0.25) is 0 Å². The number of thioether (sulfide) groups is 1. The molecule has 1 N–H and O–H groups in total. The Hall–Kier alpha value is -2.31. The number of amides is 1. The van der Waals surface area contributed by atoms with Crippen molar-refractivity contribution in [3.05, 3.63) is 76.1 Å². The molecule has 1 aliphatic heterocycles. The van der Waals surface area contributed by atoms with E-state index in [0.29, 0.717) is 22.3 Å². The predicted octanol–water partition coefficient (Wildman–Crippen LogP) is 4.94. The molecule has 3 rings (SSSR count). The average molecular weight is 415 g/mol. The van der Waals surface area contributed by atoms with Crippen LogP contribution in [-0.4, -0.2) is 27.6 Å². The summed E-state index contributed by atoms with van der Waals surface area (Å²) >= 11 is 4.75. The maximum atomic E-state index is 12.7. The molecule has 2 aromatic rings. The first-order chi connectivity index (χ1) is 12.1. The van der Waals surface area contributed by atoms with Crippen molar-refractivity contribution in [1.29, 1.82) is 0 Å². The number of nitrogens with zero attached hydrogens (tertiary/aromatic N) is 2. The molecule has 1 saturated heterocycles. The Morgan fingerprint density at radius 2 is 2.04 bits per heavy atom. The molecule has 0 radical (unpaired) electrons. The molecule has 0 atom stereocenters. The number of hydrogen-bond donors (Lipinski definition) is 1. The Kier molecular flexibility index (Phi) is 5.40. The van der Waals surface area contributed by atoms with Gasteiger partial charge >= 0.3 is 0 Å². The molecule has 0 bridgehead atoms. The molecule has 0 spiro atoms. The molecule has 25 heavy (non-hydrogen) atoms. The predicted molar refractivity (Wildman–Crippen MR) is 107 cm³/mol. The van der Waals surface area contributed by atoms with Crippen LogP contribution < -0.4 is 0 Å². The van der Waals surface area contributed by atoms with Gasteiger partial charge in [0.2, 0.25) is 0 Å². The van der Waals surface area contributed by atoms with Gasteiger partial charge in [0.25, 0.3) is 5.91 Å². The maximum Gasteiger partial charge on any atom is 0.267 e. The van der Waals surface area contributed by atoms with Crippen molar-refractivity contribution in [3.63, 3.8) is 0 Å². The summed E-state index contributed by atoms with van der Waals surface area (Å²) in [4.78, 5) is 19.4. The Morgan fingerprint density at radius 1 is 1.24 bits per heavy atom. The quantitative estimate of drug-likeness (QED) is 0.568. The fourth-order valence-corrected chi connectivity index (χ4v) is 3.73. The van der Waals surface area contributed by atoms with Crippen LogP contribution in [0.3, 0.4) is 0 Å². The Labute approximate surface area is 158 Å². The van der Waals surface area contributed by atoms with Crippen LogP contribution in [-0.2, 0) is 4.79 Å². The van der Waals surface area contributed by atoms with E-state index in [4.69, 9.17) is 0 Å². The molecule has 0 aromatic heterocycles. The molecule has 1 heterocycles. The molecule has 1 aliphatic rings. The summed E-state index contributed by atoms with van der Waals surface area (Å²) < 4.78 is 0.953. The van der Waals surface area contributed by atoms with E-state index in [1.165, 1.54) is 11.8 Å². The van der Waals surface area contributed by atoms with Crippen LogP contribution in [0.25, 0.3) is 6.08 Å². The highest BCUT2D eigenvalue weighted by atomic mass is 79.9. The zero-order chi connectivity index (χ0) is 17.8. The van der Waals surface area contributed by atoms with E-state index < -0.39 is 0 Å². The van der Waals surface area contributed by atoms with Gasteiger partial charge in [-0.3, -0.25) is 9.69 Å². The maximum absolute atomic E-state index is 12.7. The minimum absolute atomic E-state index is 0.108. The van der Waals surface area contributed by atoms with Crippen molar-refractivity contribution in [2.75, 3.05) is 6.54 Å². The Bertz CT molecular complexity index is 892. The highest BCUT2D eigenvalue weighted by Gasteiger charge is 2.32. The first kappa shape index (κ1) is 17.5. The van der Waals surface area contributed by atoms with Crippen LogP contribution in [0.1, 0.15) is 5.56 Å². The van der Waals surface area contributed by atoms with Crippen molar-refractivity contribution in [2.24, 2.45) is 4.99 Å². The molecular weight excluding hydrogens is 400 g/mol. The van der Waals surface area contributed by atoms with E-state index in [1.54, 1.807) is 35.2 Å². The summed E-state index contributed by atoms with van der Waals surface area (Å²) in [6, 6.07) is 14.4. The van der Waals surface area contributed by atoms with Gasteiger partial charge in [-0.05, 0) is 47.7 Å². The lowest BCUT2D eigenvalue weighted by atomic mass is 10.2. The van der Waals surface area contributed by atoms with Gasteiger partial charge in [-0.1, -0.05) is 40.2 Å². The van der Waals surface area contributed by atoms with E-state index in [9.17, 15) is 9.90 Å². The summed E-state index contributed by atoms with van der Waals surface area (Å²) in [7, 11) is 0. The molecule has 6 heteroatoms. The van der Waals surface area contributed by atoms with E-state index in [1.807, 2.05) is 30.3 Å². The van der Waals surface area contributed by atoms with E-state index in [-0.39, 0.29) is 11.7 Å². The van der Waals surface area contributed by atoms with Crippen LogP contribution in [0, 0.1) is 0 Å². The van der Waals surface area contributed by atoms with Crippen LogP contribution in [0.15, 0.2) is 75.6 Å². The van der Waals surface area contributed by atoms with E-state index in [2.05, 4.69) is 27.5 Å². The number of carbonyl (C=O) groups excluding carboxylic acids is 1. The largest absolute Gasteiger partial charge is 0.508 e. The van der Waals surface area contributed by atoms with Gasteiger partial charge in [-0.2, -0.15) is 0 Å². The first-order valence-corrected chi connectivity index (χ1v) is 9.13. The first-order valence-electron chi connectivity index (χ1n) is 7.52. The summed E-state index contributed by atoms with van der Waals surface area (Å²) in [5, 5.41) is 10.2. The van der Waals surface area contributed by atoms with Crippen molar-refractivity contribution in [2.45, 2.75) is 0 Å². The van der Waals surface area contributed by atoms with E-state index >= 15 is 0 Å². The fraction of sp³-hybridized carbons (Fsp3) is 0.0526. The molecule has 1 amide bonds. The highest BCUT2D eigenvalue weighted by Crippen LogP contribution is 2.34. The van der Waals surface area contributed by atoms with Gasteiger partial charge in [0.1, 0.15) is 5.75 Å². The Morgan fingerprint density at radius 3 is 2.76 bits per heavy atom. The average Bonchev–Trinajstić information content (AvgIpc) is 2.84. The monoisotopic (exact) mass is 414 g/mol. The zero-order valence-corrected chi connectivity index (χ0v) is 15.6. The number of aliphatic imine (C=N–C) groups is 1. The smallest absolute Gasteiger partial charge is 0.267 e. The van der Waals surface area contributed by atoms with Crippen molar-refractivity contribution in [3.8, 4) is 5.75 Å². The minimum Gasteiger partial charge on any atom is -0.508 e. The number of phenols is 1. The minimum atomic E-state index is -0.108. The second kappa shape index (κ2) is 7.72. The lowest BCUT2D eigenvalue weighted by Gasteiger charge is -2.12.